The lowest BCUT2D eigenvalue weighted by Gasteiger charge is -2.36. The number of amides is 1. The summed E-state index contributed by atoms with van der Waals surface area (Å²) in [5.41, 5.74) is 0.911. The predicted molar refractivity (Wildman–Crippen MR) is 102 cm³/mol. The van der Waals surface area contributed by atoms with E-state index < -0.39 is 0 Å². The number of likely N-dealkylation sites (tertiary alicyclic amines) is 1. The van der Waals surface area contributed by atoms with Crippen molar-refractivity contribution in [1.29, 1.82) is 0 Å². The molecule has 3 rings (SSSR count). The highest BCUT2D eigenvalue weighted by molar-refractivity contribution is 6.31. The third kappa shape index (κ3) is 4.82. The second kappa shape index (κ2) is 9.56. The van der Waals surface area contributed by atoms with Gasteiger partial charge in [-0.3, -0.25) is 4.79 Å². The van der Waals surface area contributed by atoms with Crippen molar-refractivity contribution >= 4 is 48.0 Å². The van der Waals surface area contributed by atoms with E-state index in [1.54, 1.807) is 0 Å². The van der Waals surface area contributed by atoms with Crippen LogP contribution in [0.25, 0.3) is 0 Å². The number of nitrogens with one attached hydrogen (secondary N) is 1. The number of fused-ring (bicyclic) bond motifs is 1. The molecule has 2 aliphatic rings. The molecule has 1 aromatic carbocycles. The van der Waals surface area contributed by atoms with Gasteiger partial charge in [0.15, 0.2) is 0 Å². The molecule has 136 valence electrons. The van der Waals surface area contributed by atoms with Crippen molar-refractivity contribution in [1.82, 2.24) is 10.2 Å². The van der Waals surface area contributed by atoms with E-state index in [0.29, 0.717) is 30.8 Å². The molecular formula is C16H24Cl3N3O2. The molecule has 2 aliphatic heterocycles. The average molecular weight is 397 g/mol. The minimum absolute atomic E-state index is 0. The van der Waals surface area contributed by atoms with E-state index in [1.807, 2.05) is 30.1 Å². The summed E-state index contributed by atoms with van der Waals surface area (Å²) in [7, 11) is 1.96. The van der Waals surface area contributed by atoms with E-state index in [1.165, 1.54) is 0 Å². The van der Waals surface area contributed by atoms with Gasteiger partial charge in [-0.15, -0.1) is 24.8 Å². The van der Waals surface area contributed by atoms with E-state index in [2.05, 4.69) is 10.2 Å². The van der Waals surface area contributed by atoms with Gasteiger partial charge in [0.25, 0.3) is 0 Å². The molecule has 8 heteroatoms. The number of carbonyl (C=O) groups excluding carboxylic acids is 1. The first kappa shape index (κ1) is 21.2. The first-order chi connectivity index (χ1) is 10.7. The van der Waals surface area contributed by atoms with Gasteiger partial charge in [0, 0.05) is 24.2 Å². The number of rotatable bonds is 3. The molecule has 24 heavy (non-hydrogen) atoms. The summed E-state index contributed by atoms with van der Waals surface area (Å²) in [6.07, 6.45) is 2.19. The Hall–Kier alpha value is -0.880. The second-order valence-electron chi connectivity index (χ2n) is 5.85. The third-order valence-corrected chi connectivity index (χ3v) is 4.62. The summed E-state index contributed by atoms with van der Waals surface area (Å²) in [6.45, 7) is 3.34. The standard InChI is InChI=1S/C16H22ClN3O2.2ClH/c1-18-13-3-2-6-20(10-13)16(21)11-19-7-8-22-15-5-4-12(17)9-14(15)19;;/h4-5,9,13,18H,2-3,6-8,10-11H2,1H3;2*1H. The molecule has 0 aromatic heterocycles. The molecule has 0 saturated carbocycles. The van der Waals surface area contributed by atoms with Gasteiger partial charge in [-0.1, -0.05) is 11.6 Å². The van der Waals surface area contributed by atoms with Gasteiger partial charge < -0.3 is 19.9 Å². The zero-order valence-electron chi connectivity index (χ0n) is 13.7. The summed E-state index contributed by atoms with van der Waals surface area (Å²) in [4.78, 5) is 16.6. The smallest absolute Gasteiger partial charge is 0.242 e. The molecule has 0 bridgehead atoms. The fourth-order valence-electron chi connectivity index (χ4n) is 3.11. The molecule has 1 N–H and O–H groups in total. The Morgan fingerprint density at radius 3 is 2.92 bits per heavy atom. The maximum absolute atomic E-state index is 12.6. The maximum atomic E-state index is 12.6. The van der Waals surface area contributed by atoms with E-state index in [0.717, 1.165) is 37.4 Å². The van der Waals surface area contributed by atoms with Gasteiger partial charge in [0.05, 0.1) is 18.8 Å². The van der Waals surface area contributed by atoms with Gasteiger partial charge in [-0.2, -0.15) is 0 Å². The lowest BCUT2D eigenvalue weighted by atomic mass is 10.1. The van der Waals surface area contributed by atoms with Gasteiger partial charge in [-0.05, 0) is 38.1 Å². The Bertz CT molecular complexity index is 559. The molecule has 2 heterocycles. The number of ether oxygens (including phenoxy) is 1. The fraction of sp³-hybridized carbons (Fsp3) is 0.562. The number of anilines is 1. The molecule has 1 unspecified atom stereocenters. The molecule has 1 fully saturated rings. The zero-order valence-corrected chi connectivity index (χ0v) is 16.1. The van der Waals surface area contributed by atoms with Crippen LogP contribution in [0.5, 0.6) is 5.75 Å². The number of hydrogen-bond acceptors (Lipinski definition) is 4. The van der Waals surface area contributed by atoms with E-state index in [-0.39, 0.29) is 30.7 Å². The average Bonchev–Trinajstić information content (AvgIpc) is 2.55. The highest BCUT2D eigenvalue weighted by Gasteiger charge is 2.26. The number of carbonyl (C=O) groups is 1. The molecule has 1 amide bonds. The van der Waals surface area contributed by atoms with Crippen LogP contribution in [0, 0.1) is 0 Å². The van der Waals surface area contributed by atoms with Crippen molar-refractivity contribution in [3.05, 3.63) is 23.2 Å². The normalized spacial score (nSPS) is 19.5. The predicted octanol–water partition coefficient (Wildman–Crippen LogP) is 2.59. The van der Waals surface area contributed by atoms with Crippen molar-refractivity contribution in [2.75, 3.05) is 44.7 Å². The summed E-state index contributed by atoms with van der Waals surface area (Å²) in [6, 6.07) is 5.96. The van der Waals surface area contributed by atoms with Crippen LogP contribution in [0.2, 0.25) is 5.02 Å². The van der Waals surface area contributed by atoms with E-state index in [9.17, 15) is 4.79 Å². The SMILES string of the molecule is CNC1CCCN(C(=O)CN2CCOc3ccc(Cl)cc32)C1.Cl.Cl. The van der Waals surface area contributed by atoms with E-state index >= 15 is 0 Å². The highest BCUT2D eigenvalue weighted by Crippen LogP contribution is 2.33. The van der Waals surface area contributed by atoms with Crippen LogP contribution in [0.1, 0.15) is 12.8 Å². The lowest BCUT2D eigenvalue weighted by molar-refractivity contribution is -0.131. The number of hydrogen-bond donors (Lipinski definition) is 1. The van der Waals surface area contributed by atoms with Crippen LogP contribution in [0.4, 0.5) is 5.69 Å². The van der Waals surface area contributed by atoms with Gasteiger partial charge in [-0.25, -0.2) is 0 Å². The highest BCUT2D eigenvalue weighted by atomic mass is 35.5. The maximum Gasteiger partial charge on any atom is 0.242 e. The molecule has 0 aliphatic carbocycles. The fourth-order valence-corrected chi connectivity index (χ4v) is 3.28. The number of halogens is 3. The first-order valence-corrected chi connectivity index (χ1v) is 8.17. The van der Waals surface area contributed by atoms with Crippen LogP contribution in [0.3, 0.4) is 0 Å². The molecule has 1 atom stereocenters. The summed E-state index contributed by atoms with van der Waals surface area (Å²) < 4.78 is 5.63. The monoisotopic (exact) mass is 395 g/mol. The number of piperidine rings is 1. The van der Waals surface area contributed by atoms with Gasteiger partial charge in [0.1, 0.15) is 12.4 Å². The second-order valence-corrected chi connectivity index (χ2v) is 6.29. The molecular weight excluding hydrogens is 373 g/mol. The number of nitrogens with zero attached hydrogens (tertiary/aromatic N) is 2. The van der Waals surface area contributed by atoms with Crippen LogP contribution in [0.15, 0.2) is 18.2 Å². The third-order valence-electron chi connectivity index (χ3n) is 4.39. The zero-order chi connectivity index (χ0) is 15.5. The van der Waals surface area contributed by atoms with Crippen molar-refractivity contribution in [2.24, 2.45) is 0 Å². The Morgan fingerprint density at radius 2 is 2.17 bits per heavy atom. The minimum atomic E-state index is 0. The number of likely N-dealkylation sites (N-methyl/N-ethyl adjacent to an activating group) is 1. The summed E-state index contributed by atoms with van der Waals surface area (Å²) in [5.74, 6) is 0.975. The molecule has 5 nitrogen and oxygen atoms in total. The summed E-state index contributed by atoms with van der Waals surface area (Å²) in [5, 5.41) is 3.93. The topological polar surface area (TPSA) is 44.8 Å². The number of benzene rings is 1. The van der Waals surface area contributed by atoms with Crippen molar-refractivity contribution in [2.45, 2.75) is 18.9 Å². The first-order valence-electron chi connectivity index (χ1n) is 7.79. The Labute approximate surface area is 160 Å². The van der Waals surface area contributed by atoms with Crippen LogP contribution in [-0.2, 0) is 4.79 Å². The lowest BCUT2D eigenvalue weighted by Crippen LogP contribution is -2.50. The minimum Gasteiger partial charge on any atom is -0.490 e. The largest absolute Gasteiger partial charge is 0.490 e. The Kier molecular flexibility index (Phi) is 8.43. The van der Waals surface area contributed by atoms with Crippen LogP contribution in [-0.4, -0.2) is 56.7 Å². The molecule has 0 radical (unpaired) electrons. The van der Waals surface area contributed by atoms with E-state index in [4.69, 9.17) is 16.3 Å². The van der Waals surface area contributed by atoms with Crippen LogP contribution >= 0.6 is 36.4 Å². The van der Waals surface area contributed by atoms with Gasteiger partial charge in [0.2, 0.25) is 5.91 Å². The molecule has 1 saturated heterocycles. The Balaban J connectivity index is 0.00000144. The van der Waals surface area contributed by atoms with Crippen LogP contribution < -0.4 is 15.0 Å². The molecule has 1 aromatic rings. The van der Waals surface area contributed by atoms with Gasteiger partial charge >= 0.3 is 0 Å². The quantitative estimate of drug-likeness (QED) is 0.853. The Morgan fingerprint density at radius 1 is 1.38 bits per heavy atom. The summed E-state index contributed by atoms with van der Waals surface area (Å²) >= 11 is 6.08. The molecule has 0 spiro atoms. The van der Waals surface area contributed by atoms with Crippen molar-refractivity contribution in [3.63, 3.8) is 0 Å². The van der Waals surface area contributed by atoms with Crippen molar-refractivity contribution < 1.29 is 9.53 Å². The van der Waals surface area contributed by atoms with Crippen molar-refractivity contribution in [3.8, 4) is 5.75 Å².